The molecule has 1 aromatic heterocycles. The van der Waals surface area contributed by atoms with Crippen LogP contribution < -0.4 is 36.1 Å². The number of nitrogens with zero attached hydrogens (tertiary/aromatic N) is 3. The minimum atomic E-state index is -1.42. The summed E-state index contributed by atoms with van der Waals surface area (Å²) in [6.45, 7) is 0. The summed E-state index contributed by atoms with van der Waals surface area (Å²) >= 11 is 0. The van der Waals surface area contributed by atoms with E-state index in [2.05, 4.69) is 36.6 Å². The quantitative estimate of drug-likeness (QED) is 0.0789. The molecule has 1 atom stereocenters. The van der Waals surface area contributed by atoms with E-state index in [4.69, 9.17) is 9.47 Å². The van der Waals surface area contributed by atoms with Gasteiger partial charge in [-0.1, -0.05) is 0 Å². The standard InChI is InChI=1S/C39H32N8O11/c1-57-32-26(13-11-24(30(32)48)36(52)46-27-14-12-25(39(55)56)31(49)33(27)58-2)45-34(50)20-3-7-22(8-4-20)43-37(53)28(15-16-40)47-35(51)21-5-9-23(10-6-21)44-38(54)29-19-41-17-18-42-29/h3-14,17-19,28,48-49H,15H2,1-2H3,(H,43,53)(H,44,54)(H,45,50)(H,46,52)(H,47,51)(H,55,56). The zero-order chi connectivity index (χ0) is 41.9. The van der Waals surface area contributed by atoms with Crippen LogP contribution in [0.25, 0.3) is 0 Å². The lowest BCUT2D eigenvalue weighted by atomic mass is 10.1. The minimum absolute atomic E-state index is 0.0171. The topological polar surface area (TPSA) is 291 Å². The lowest BCUT2D eigenvalue weighted by Crippen LogP contribution is -2.43. The maximum Gasteiger partial charge on any atom is 0.339 e. The lowest BCUT2D eigenvalue weighted by Gasteiger charge is -2.17. The Hall–Kier alpha value is -8.53. The first-order valence-corrected chi connectivity index (χ1v) is 16.8. The van der Waals surface area contributed by atoms with Gasteiger partial charge in [-0.25, -0.2) is 9.78 Å². The van der Waals surface area contributed by atoms with Crippen molar-refractivity contribution in [2.75, 3.05) is 35.5 Å². The molecule has 19 heteroatoms. The van der Waals surface area contributed by atoms with Gasteiger partial charge < -0.3 is 51.4 Å². The van der Waals surface area contributed by atoms with Crippen LogP contribution in [0.15, 0.2) is 91.4 Å². The van der Waals surface area contributed by atoms with Crippen LogP contribution in [0.2, 0.25) is 0 Å². The van der Waals surface area contributed by atoms with Crippen LogP contribution >= 0.6 is 0 Å². The van der Waals surface area contributed by atoms with Crippen molar-refractivity contribution in [3.05, 3.63) is 119 Å². The molecule has 1 heterocycles. The van der Waals surface area contributed by atoms with Crippen molar-refractivity contribution in [3.8, 4) is 29.1 Å². The van der Waals surface area contributed by atoms with Crippen molar-refractivity contribution in [2.24, 2.45) is 0 Å². The first-order valence-electron chi connectivity index (χ1n) is 16.8. The van der Waals surface area contributed by atoms with Crippen LogP contribution in [0, 0.1) is 11.3 Å². The Morgan fingerprint density at radius 3 is 1.74 bits per heavy atom. The van der Waals surface area contributed by atoms with Gasteiger partial charge in [-0.05, 0) is 72.8 Å². The van der Waals surface area contributed by atoms with Crippen molar-refractivity contribution >= 4 is 58.3 Å². The zero-order valence-electron chi connectivity index (χ0n) is 30.4. The number of phenolic OH excluding ortho intramolecular Hbond substituents is 1. The third-order valence-electron chi connectivity index (χ3n) is 8.18. The molecule has 0 saturated heterocycles. The number of phenols is 2. The summed E-state index contributed by atoms with van der Waals surface area (Å²) in [5, 5.41) is 52.4. The molecule has 4 aromatic carbocycles. The number of carboxylic acid groups (broad SMARTS) is 1. The average Bonchev–Trinajstić information content (AvgIpc) is 3.21. The number of hydrogen-bond donors (Lipinski definition) is 8. The lowest BCUT2D eigenvalue weighted by molar-refractivity contribution is -0.117. The van der Waals surface area contributed by atoms with Crippen molar-refractivity contribution < 1.29 is 53.6 Å². The van der Waals surface area contributed by atoms with Gasteiger partial charge in [-0.15, -0.1) is 0 Å². The molecule has 0 aliphatic carbocycles. The van der Waals surface area contributed by atoms with Crippen LogP contribution in [-0.4, -0.2) is 81.1 Å². The Bertz CT molecular complexity index is 2440. The van der Waals surface area contributed by atoms with Crippen LogP contribution in [0.5, 0.6) is 23.0 Å². The number of carboxylic acids is 1. The first-order chi connectivity index (χ1) is 27.8. The van der Waals surface area contributed by atoms with E-state index in [1.807, 2.05) is 6.07 Å². The summed E-state index contributed by atoms with van der Waals surface area (Å²) in [5.74, 6) is -6.82. The molecule has 294 valence electrons. The second-order valence-electron chi connectivity index (χ2n) is 11.9. The molecule has 0 spiro atoms. The fraction of sp³-hybridized carbons (Fsp3) is 0.103. The largest absolute Gasteiger partial charge is 0.504 e. The molecule has 0 saturated carbocycles. The fourth-order valence-corrected chi connectivity index (χ4v) is 5.29. The van der Waals surface area contributed by atoms with Crippen molar-refractivity contribution in [2.45, 2.75) is 12.5 Å². The molecule has 0 aliphatic heterocycles. The number of amides is 5. The number of aromatic hydroxyl groups is 2. The van der Waals surface area contributed by atoms with E-state index < -0.39 is 58.6 Å². The SMILES string of the molecule is COc1c(NC(=O)c2ccc(NC(=O)c3ccc(NC(=O)C(CC#N)NC(=O)c4ccc(NC(=O)c5cnccn5)cc4)cc3)c(OC)c2O)ccc(C(=O)O)c1O. The van der Waals surface area contributed by atoms with Crippen LogP contribution in [0.1, 0.15) is 58.3 Å². The van der Waals surface area contributed by atoms with Gasteiger partial charge in [0, 0.05) is 34.9 Å². The Kier molecular flexibility index (Phi) is 12.8. The number of anilines is 4. The first kappa shape index (κ1) is 40.7. The van der Waals surface area contributed by atoms with Gasteiger partial charge in [0.2, 0.25) is 5.91 Å². The number of carbonyl (C=O) groups excluding carboxylic acids is 5. The highest BCUT2D eigenvalue weighted by Gasteiger charge is 2.25. The number of ether oxygens (including phenoxy) is 2. The average molecular weight is 789 g/mol. The molecule has 5 amide bonds. The van der Waals surface area contributed by atoms with Gasteiger partial charge in [0.05, 0.1) is 49.8 Å². The predicted molar refractivity (Wildman–Crippen MR) is 205 cm³/mol. The number of hydrogen-bond acceptors (Lipinski definition) is 13. The number of nitriles is 1. The van der Waals surface area contributed by atoms with E-state index in [-0.39, 0.29) is 57.4 Å². The summed E-state index contributed by atoms with van der Waals surface area (Å²) in [4.78, 5) is 83.7. The molecule has 5 aromatic rings. The highest BCUT2D eigenvalue weighted by atomic mass is 16.5. The Labute approximate surface area is 328 Å². The molecule has 0 bridgehead atoms. The van der Waals surface area contributed by atoms with E-state index in [9.17, 15) is 49.3 Å². The molecular weight excluding hydrogens is 756 g/mol. The summed E-state index contributed by atoms with van der Waals surface area (Å²) in [6, 6.07) is 16.7. The van der Waals surface area contributed by atoms with E-state index in [1.54, 1.807) is 0 Å². The van der Waals surface area contributed by atoms with E-state index in [0.29, 0.717) is 5.69 Å². The number of benzene rings is 4. The summed E-state index contributed by atoms with van der Waals surface area (Å²) in [6.07, 6.45) is 3.73. The molecule has 8 N–H and O–H groups in total. The van der Waals surface area contributed by atoms with Gasteiger partial charge in [0.15, 0.2) is 23.0 Å². The molecule has 5 rings (SSSR count). The third kappa shape index (κ3) is 9.39. The molecular formula is C39H32N8O11. The van der Waals surface area contributed by atoms with Gasteiger partial charge in [0.1, 0.15) is 17.3 Å². The van der Waals surface area contributed by atoms with Gasteiger partial charge in [-0.2, -0.15) is 5.26 Å². The van der Waals surface area contributed by atoms with Crippen LogP contribution in [0.3, 0.4) is 0 Å². The van der Waals surface area contributed by atoms with Crippen molar-refractivity contribution in [1.82, 2.24) is 15.3 Å². The van der Waals surface area contributed by atoms with Crippen molar-refractivity contribution in [3.63, 3.8) is 0 Å². The minimum Gasteiger partial charge on any atom is -0.504 e. The molecule has 1 unspecified atom stereocenters. The second-order valence-corrected chi connectivity index (χ2v) is 11.9. The van der Waals surface area contributed by atoms with Crippen LogP contribution in [0.4, 0.5) is 22.7 Å². The summed E-state index contributed by atoms with van der Waals surface area (Å²) < 4.78 is 10.3. The predicted octanol–water partition coefficient (Wildman–Crippen LogP) is 4.01. The normalized spacial score (nSPS) is 10.8. The Balaban J connectivity index is 1.20. The van der Waals surface area contributed by atoms with Gasteiger partial charge in [0.25, 0.3) is 23.6 Å². The van der Waals surface area contributed by atoms with E-state index in [1.165, 1.54) is 92.4 Å². The van der Waals surface area contributed by atoms with Crippen LogP contribution in [-0.2, 0) is 4.79 Å². The maximum absolute atomic E-state index is 13.1. The number of rotatable bonds is 14. The van der Waals surface area contributed by atoms with Gasteiger partial charge >= 0.3 is 5.97 Å². The molecule has 19 nitrogen and oxygen atoms in total. The smallest absolute Gasteiger partial charge is 0.339 e. The number of carbonyl (C=O) groups is 6. The van der Waals surface area contributed by atoms with Gasteiger partial charge in [-0.3, -0.25) is 29.0 Å². The summed E-state index contributed by atoms with van der Waals surface area (Å²) in [5.41, 5.74) is 0.0840. The Morgan fingerprint density at radius 2 is 1.21 bits per heavy atom. The highest BCUT2D eigenvalue weighted by Crippen LogP contribution is 2.40. The number of aromatic carboxylic acids is 1. The second kappa shape index (κ2) is 18.2. The highest BCUT2D eigenvalue weighted by molar-refractivity contribution is 6.10. The summed E-state index contributed by atoms with van der Waals surface area (Å²) in [7, 11) is 2.35. The van der Waals surface area contributed by atoms with E-state index in [0.717, 1.165) is 13.2 Å². The monoisotopic (exact) mass is 788 g/mol. The third-order valence-corrected chi connectivity index (χ3v) is 8.18. The number of nitrogens with one attached hydrogen (secondary N) is 5. The van der Waals surface area contributed by atoms with E-state index >= 15 is 0 Å². The number of methoxy groups -OCH3 is 2. The van der Waals surface area contributed by atoms with Crippen molar-refractivity contribution in [1.29, 1.82) is 5.26 Å². The number of aromatic nitrogens is 2. The molecule has 0 radical (unpaired) electrons. The molecule has 0 fully saturated rings. The fourth-order valence-electron chi connectivity index (χ4n) is 5.29. The maximum atomic E-state index is 13.1. The Morgan fingerprint density at radius 1 is 0.672 bits per heavy atom. The molecule has 58 heavy (non-hydrogen) atoms. The zero-order valence-corrected chi connectivity index (χ0v) is 30.4. The molecule has 0 aliphatic rings.